The van der Waals surface area contributed by atoms with E-state index in [4.69, 9.17) is 0 Å². The maximum absolute atomic E-state index is 12.2. The summed E-state index contributed by atoms with van der Waals surface area (Å²) in [6.45, 7) is 2.59. The number of nitrogens with zero attached hydrogens (tertiary/aromatic N) is 1. The van der Waals surface area contributed by atoms with Gasteiger partial charge in [0.05, 0.1) is 0 Å². The molecule has 1 saturated heterocycles. The van der Waals surface area contributed by atoms with Crippen LogP contribution in [0.4, 0.5) is 0 Å². The van der Waals surface area contributed by atoms with Crippen molar-refractivity contribution < 1.29 is 8.42 Å². The standard InChI is InChI=1S/C14H21N3O2S/c18-20(19,17-9-3-4-10-17)16-11-14-13-6-2-1-5-12(13)7-8-15-14/h1-2,5-6,14-16H,3-4,7-11H2. The first-order valence-corrected chi connectivity index (χ1v) is 8.67. The molecule has 2 aliphatic rings. The second kappa shape index (κ2) is 5.81. The largest absolute Gasteiger partial charge is 0.308 e. The van der Waals surface area contributed by atoms with Crippen LogP contribution in [0.15, 0.2) is 24.3 Å². The molecule has 110 valence electrons. The van der Waals surface area contributed by atoms with Crippen LogP contribution in [0.2, 0.25) is 0 Å². The molecule has 1 aromatic rings. The maximum atomic E-state index is 12.2. The Balaban J connectivity index is 1.67. The lowest BCUT2D eigenvalue weighted by molar-refractivity contribution is 0.446. The lowest BCUT2D eigenvalue weighted by Gasteiger charge is -2.27. The molecule has 1 atom stereocenters. The number of hydrogen-bond donors (Lipinski definition) is 2. The van der Waals surface area contributed by atoms with E-state index >= 15 is 0 Å². The normalized spacial score (nSPS) is 23.7. The van der Waals surface area contributed by atoms with Gasteiger partial charge in [0, 0.05) is 25.7 Å². The van der Waals surface area contributed by atoms with E-state index in [1.54, 1.807) is 4.31 Å². The Bertz CT molecular complexity index is 568. The highest BCUT2D eigenvalue weighted by molar-refractivity contribution is 7.87. The SMILES string of the molecule is O=S(=O)(NCC1NCCc2ccccc21)N1CCCC1. The van der Waals surface area contributed by atoms with Crippen LogP contribution in [0.3, 0.4) is 0 Å². The van der Waals surface area contributed by atoms with Crippen molar-refractivity contribution in [1.29, 1.82) is 0 Å². The maximum Gasteiger partial charge on any atom is 0.279 e. The number of rotatable bonds is 4. The van der Waals surface area contributed by atoms with Gasteiger partial charge in [-0.05, 0) is 36.9 Å². The smallest absolute Gasteiger partial charge is 0.279 e. The van der Waals surface area contributed by atoms with E-state index in [0.29, 0.717) is 19.6 Å². The molecule has 1 aromatic carbocycles. The minimum Gasteiger partial charge on any atom is -0.308 e. The van der Waals surface area contributed by atoms with Crippen LogP contribution in [-0.2, 0) is 16.6 Å². The third kappa shape index (κ3) is 2.88. The van der Waals surface area contributed by atoms with Gasteiger partial charge in [-0.3, -0.25) is 0 Å². The number of fused-ring (bicyclic) bond motifs is 1. The van der Waals surface area contributed by atoms with Crippen LogP contribution < -0.4 is 10.0 Å². The van der Waals surface area contributed by atoms with Crippen molar-refractivity contribution in [3.8, 4) is 0 Å². The molecule has 0 spiro atoms. The predicted octanol–water partition coefficient (Wildman–Crippen LogP) is 0.804. The molecule has 20 heavy (non-hydrogen) atoms. The third-order valence-corrected chi connectivity index (χ3v) is 5.67. The summed E-state index contributed by atoms with van der Waals surface area (Å²) in [6.07, 6.45) is 2.93. The second-order valence-electron chi connectivity index (χ2n) is 5.42. The lowest BCUT2D eigenvalue weighted by atomic mass is 9.95. The number of hydrogen-bond acceptors (Lipinski definition) is 3. The second-order valence-corrected chi connectivity index (χ2v) is 7.17. The van der Waals surface area contributed by atoms with Crippen molar-refractivity contribution in [3.63, 3.8) is 0 Å². The van der Waals surface area contributed by atoms with Crippen LogP contribution in [-0.4, -0.2) is 38.9 Å². The summed E-state index contributed by atoms with van der Waals surface area (Å²) in [4.78, 5) is 0. The van der Waals surface area contributed by atoms with Crippen LogP contribution in [0, 0.1) is 0 Å². The lowest BCUT2D eigenvalue weighted by Crippen LogP contribution is -2.44. The summed E-state index contributed by atoms with van der Waals surface area (Å²) in [5, 5.41) is 3.39. The Morgan fingerprint density at radius 3 is 2.80 bits per heavy atom. The number of nitrogens with one attached hydrogen (secondary N) is 2. The molecule has 2 N–H and O–H groups in total. The van der Waals surface area contributed by atoms with Crippen molar-refractivity contribution in [1.82, 2.24) is 14.3 Å². The first-order chi connectivity index (χ1) is 9.67. The highest BCUT2D eigenvalue weighted by atomic mass is 32.2. The van der Waals surface area contributed by atoms with Gasteiger partial charge in [-0.25, -0.2) is 4.72 Å². The highest BCUT2D eigenvalue weighted by Gasteiger charge is 2.27. The van der Waals surface area contributed by atoms with E-state index in [9.17, 15) is 8.42 Å². The van der Waals surface area contributed by atoms with Crippen molar-refractivity contribution in [3.05, 3.63) is 35.4 Å². The molecule has 0 saturated carbocycles. The molecule has 1 unspecified atom stereocenters. The van der Waals surface area contributed by atoms with Gasteiger partial charge in [0.2, 0.25) is 0 Å². The van der Waals surface area contributed by atoms with Gasteiger partial charge in [-0.2, -0.15) is 12.7 Å². The monoisotopic (exact) mass is 295 g/mol. The fraction of sp³-hybridized carbons (Fsp3) is 0.571. The molecular weight excluding hydrogens is 274 g/mol. The zero-order valence-corrected chi connectivity index (χ0v) is 12.3. The van der Waals surface area contributed by atoms with Crippen molar-refractivity contribution in [2.75, 3.05) is 26.2 Å². The highest BCUT2D eigenvalue weighted by Crippen LogP contribution is 2.22. The molecule has 0 aromatic heterocycles. The molecule has 2 aliphatic heterocycles. The zero-order valence-electron chi connectivity index (χ0n) is 11.5. The summed E-state index contributed by atoms with van der Waals surface area (Å²) in [7, 11) is -3.32. The van der Waals surface area contributed by atoms with Gasteiger partial charge in [-0.15, -0.1) is 0 Å². The van der Waals surface area contributed by atoms with E-state index in [1.165, 1.54) is 11.1 Å². The van der Waals surface area contributed by atoms with E-state index in [-0.39, 0.29) is 6.04 Å². The molecule has 2 heterocycles. The van der Waals surface area contributed by atoms with Gasteiger partial charge in [0.15, 0.2) is 0 Å². The topological polar surface area (TPSA) is 61.4 Å². The summed E-state index contributed by atoms with van der Waals surface area (Å²) < 4.78 is 28.6. The summed E-state index contributed by atoms with van der Waals surface area (Å²) >= 11 is 0. The summed E-state index contributed by atoms with van der Waals surface area (Å²) in [5.41, 5.74) is 2.53. The average molecular weight is 295 g/mol. The van der Waals surface area contributed by atoms with Crippen molar-refractivity contribution in [2.24, 2.45) is 0 Å². The zero-order chi connectivity index (χ0) is 14.0. The fourth-order valence-electron chi connectivity index (χ4n) is 2.98. The molecule has 0 radical (unpaired) electrons. The van der Waals surface area contributed by atoms with Crippen molar-refractivity contribution in [2.45, 2.75) is 25.3 Å². The van der Waals surface area contributed by atoms with E-state index < -0.39 is 10.2 Å². The molecule has 6 heteroatoms. The first-order valence-electron chi connectivity index (χ1n) is 7.23. The third-order valence-electron chi connectivity index (χ3n) is 4.09. The Morgan fingerprint density at radius 2 is 2.00 bits per heavy atom. The summed E-state index contributed by atoms with van der Waals surface area (Å²) in [6, 6.07) is 8.31. The van der Waals surface area contributed by atoms with Gasteiger partial charge in [0.1, 0.15) is 0 Å². The van der Waals surface area contributed by atoms with E-state index in [0.717, 1.165) is 25.8 Å². The molecule has 0 aliphatic carbocycles. The minimum absolute atomic E-state index is 0.0670. The van der Waals surface area contributed by atoms with Crippen molar-refractivity contribution >= 4 is 10.2 Å². The minimum atomic E-state index is -3.32. The van der Waals surface area contributed by atoms with Crippen LogP contribution in [0.1, 0.15) is 30.0 Å². The Labute approximate surface area is 120 Å². The Kier molecular flexibility index (Phi) is 4.07. The first kappa shape index (κ1) is 14.0. The molecule has 1 fully saturated rings. The van der Waals surface area contributed by atoms with Gasteiger partial charge < -0.3 is 5.32 Å². The van der Waals surface area contributed by atoms with E-state index in [1.807, 2.05) is 12.1 Å². The predicted molar refractivity (Wildman–Crippen MR) is 78.6 cm³/mol. The molecule has 5 nitrogen and oxygen atoms in total. The molecule has 0 bridgehead atoms. The number of benzene rings is 1. The van der Waals surface area contributed by atoms with Gasteiger partial charge in [-0.1, -0.05) is 24.3 Å². The Morgan fingerprint density at radius 1 is 1.25 bits per heavy atom. The van der Waals surface area contributed by atoms with Crippen LogP contribution in [0.25, 0.3) is 0 Å². The quantitative estimate of drug-likeness (QED) is 0.864. The molecule has 0 amide bonds. The average Bonchev–Trinajstić information content (AvgIpc) is 3.00. The fourth-order valence-corrected chi connectivity index (χ4v) is 4.28. The van der Waals surface area contributed by atoms with Crippen LogP contribution in [0.5, 0.6) is 0 Å². The molecule has 3 rings (SSSR count). The van der Waals surface area contributed by atoms with Crippen LogP contribution >= 0.6 is 0 Å². The van der Waals surface area contributed by atoms with Gasteiger partial charge in [0.25, 0.3) is 10.2 Å². The van der Waals surface area contributed by atoms with Gasteiger partial charge >= 0.3 is 0 Å². The van der Waals surface area contributed by atoms with E-state index in [2.05, 4.69) is 22.2 Å². The summed E-state index contributed by atoms with van der Waals surface area (Å²) in [5.74, 6) is 0. The molecular formula is C14H21N3O2S. The Hall–Kier alpha value is -0.950.